The lowest BCUT2D eigenvalue weighted by atomic mass is 10.0. The predicted molar refractivity (Wildman–Crippen MR) is 326 cm³/mol. The van der Waals surface area contributed by atoms with Gasteiger partial charge in [-0.15, -0.1) is 0 Å². The first-order valence-electron chi connectivity index (χ1n) is 29.0. The zero-order valence-corrected chi connectivity index (χ0v) is 48.9. The fraction of sp³-hybridized carbons (Fsp3) is 0.478. The zero-order chi connectivity index (χ0) is 53.7. The van der Waals surface area contributed by atoms with E-state index in [1.54, 1.807) is 42.5 Å². The maximum atomic E-state index is 13.0. The average molecular weight is 1160 g/mol. The van der Waals surface area contributed by atoms with Crippen molar-refractivity contribution in [2.24, 2.45) is 0 Å². The molecule has 0 N–H and O–H groups in total. The molecule has 0 atom stereocenters. The van der Waals surface area contributed by atoms with Crippen molar-refractivity contribution in [2.75, 3.05) is 13.2 Å². The molecule has 0 unspecified atom stereocenters. The Labute approximate surface area is 476 Å². The van der Waals surface area contributed by atoms with Gasteiger partial charge in [0.2, 0.25) is 0 Å². The largest absolute Gasteiger partial charge is 0.492 e. The molecular weight excluding hydrogens is 1080 g/mol. The summed E-state index contributed by atoms with van der Waals surface area (Å²) < 4.78 is 24.4. The second-order valence-corrected chi connectivity index (χ2v) is 21.8. The van der Waals surface area contributed by atoms with Crippen LogP contribution in [0.2, 0.25) is 5.02 Å². The number of esters is 2. The molecule has 0 amide bonds. The molecule has 0 saturated heterocycles. The summed E-state index contributed by atoms with van der Waals surface area (Å²) in [6.45, 7) is 5.93. The number of hydrogen-bond acceptors (Lipinski definition) is 7. The molecule has 0 saturated carbocycles. The molecule has 0 spiro atoms. The second kappa shape index (κ2) is 38.6. The van der Waals surface area contributed by atoms with Gasteiger partial charge >= 0.3 is 11.9 Å². The van der Waals surface area contributed by atoms with Crippen LogP contribution in [0.25, 0.3) is 24.3 Å². The highest BCUT2D eigenvalue weighted by atomic mass is 127. The summed E-state index contributed by atoms with van der Waals surface area (Å²) in [5.41, 5.74) is 5.91. The number of nitrogens with zero attached hydrogens (tertiary/aromatic N) is 1. The van der Waals surface area contributed by atoms with Crippen molar-refractivity contribution in [1.29, 1.82) is 0 Å². The lowest BCUT2D eigenvalue weighted by molar-refractivity contribution is 0.0463. The Hall–Kier alpha value is -4.93. The minimum Gasteiger partial charge on any atom is -0.492 e. The van der Waals surface area contributed by atoms with Crippen LogP contribution < -0.4 is 9.47 Å². The molecule has 7 nitrogen and oxygen atoms in total. The van der Waals surface area contributed by atoms with Gasteiger partial charge in [-0.25, -0.2) is 9.59 Å². The number of halogens is 2. The van der Waals surface area contributed by atoms with Gasteiger partial charge in [0.1, 0.15) is 24.7 Å². The molecule has 1 aromatic heterocycles. The van der Waals surface area contributed by atoms with Crippen LogP contribution in [0.15, 0.2) is 103 Å². The van der Waals surface area contributed by atoms with E-state index < -0.39 is 11.9 Å². The van der Waals surface area contributed by atoms with E-state index in [0.29, 0.717) is 39.9 Å². The van der Waals surface area contributed by atoms with Crippen molar-refractivity contribution in [3.05, 3.63) is 156 Å². The number of aromatic nitrogens is 1. The first-order valence-corrected chi connectivity index (χ1v) is 30.5. The molecule has 0 bridgehead atoms. The topological polar surface area (TPSA) is 84.0 Å². The number of unbranched alkanes of at least 4 members (excludes halogenated alkanes) is 24. The molecule has 1 heterocycles. The molecule has 5 aromatic rings. The van der Waals surface area contributed by atoms with Crippen LogP contribution in [0.5, 0.6) is 11.5 Å². The van der Waals surface area contributed by atoms with Gasteiger partial charge < -0.3 is 18.9 Å². The van der Waals surface area contributed by atoms with Crippen molar-refractivity contribution < 1.29 is 28.5 Å². The summed E-state index contributed by atoms with van der Waals surface area (Å²) in [6, 6.07) is 32.0. The van der Waals surface area contributed by atoms with E-state index in [4.69, 9.17) is 30.5 Å². The molecule has 5 rings (SSSR count). The van der Waals surface area contributed by atoms with Gasteiger partial charge in [-0.1, -0.05) is 246 Å². The lowest BCUT2D eigenvalue weighted by Gasteiger charge is -2.09. The number of benzene rings is 4. The van der Waals surface area contributed by atoms with E-state index in [1.165, 1.54) is 154 Å². The number of ether oxygens (including phenoxy) is 4. The lowest BCUT2D eigenvalue weighted by Crippen LogP contribution is -2.09. The van der Waals surface area contributed by atoms with Crippen molar-refractivity contribution in [3.63, 3.8) is 0 Å². The van der Waals surface area contributed by atoms with Crippen LogP contribution in [0.4, 0.5) is 0 Å². The van der Waals surface area contributed by atoms with Crippen LogP contribution >= 0.6 is 34.2 Å². The van der Waals surface area contributed by atoms with Crippen LogP contribution in [0.1, 0.15) is 235 Å². The van der Waals surface area contributed by atoms with E-state index in [-0.39, 0.29) is 13.2 Å². The number of pyridine rings is 1. The van der Waals surface area contributed by atoms with Gasteiger partial charge in [-0.3, -0.25) is 4.98 Å². The standard InChI is InChI=1S/C67H87ClINO6/c1-3-5-7-9-11-13-15-17-18-20-22-24-26-28-49-74-65-47-41-57(51-63(65)69)35-33-55-38-44-59(45-39-55)67(72)76-53-61-31-29-30-60(70-61)52-75-66(71)58-42-36-54(37-43-58)32-34-56-40-46-64(62(68)50-56)73-48-27-25-23-21-19-16-14-12-10-8-6-4-2/h29-47,50-51H,3-28,48-49,52-53H2,1-2H3/b34-32+,35-33+. The van der Waals surface area contributed by atoms with Crippen LogP contribution in [-0.2, 0) is 22.7 Å². The van der Waals surface area contributed by atoms with Crippen molar-refractivity contribution in [3.8, 4) is 11.5 Å². The molecule has 0 radical (unpaired) electrons. The Kier molecular flexibility index (Phi) is 31.4. The molecule has 0 fully saturated rings. The van der Waals surface area contributed by atoms with E-state index in [9.17, 15) is 9.59 Å². The Balaban J connectivity index is 0.928. The quantitative estimate of drug-likeness (QED) is 0.0167. The predicted octanol–water partition coefficient (Wildman–Crippen LogP) is 20.3. The minimum atomic E-state index is -0.457. The number of hydrogen-bond donors (Lipinski definition) is 0. The van der Waals surface area contributed by atoms with Gasteiger partial charge in [0.25, 0.3) is 0 Å². The highest BCUT2D eigenvalue weighted by molar-refractivity contribution is 14.1. The third-order valence-electron chi connectivity index (χ3n) is 13.7. The van der Waals surface area contributed by atoms with Gasteiger partial charge in [0.15, 0.2) is 0 Å². The molecule has 76 heavy (non-hydrogen) atoms. The molecular formula is C67H87ClINO6. The monoisotopic (exact) mass is 1160 g/mol. The fourth-order valence-electron chi connectivity index (χ4n) is 9.06. The SMILES string of the molecule is CCCCCCCCCCCCCCCCOc1ccc(/C=C/c2ccc(C(=O)OCc3cccc(COC(=O)c4ccc(/C=C/c5ccc(OCCCCCCCCCCCCCC)c(Cl)c5)cc4)n3)cc2)cc1I. The Bertz CT molecular complexity index is 2450. The summed E-state index contributed by atoms with van der Waals surface area (Å²) in [5.74, 6) is 0.734. The van der Waals surface area contributed by atoms with Crippen molar-refractivity contribution in [2.45, 2.75) is 194 Å². The highest BCUT2D eigenvalue weighted by Crippen LogP contribution is 2.28. The van der Waals surface area contributed by atoms with E-state index in [2.05, 4.69) is 65.7 Å². The van der Waals surface area contributed by atoms with Crippen LogP contribution in [-0.4, -0.2) is 30.1 Å². The summed E-state index contributed by atoms with van der Waals surface area (Å²) >= 11 is 8.92. The number of carbonyl (C=O) groups excluding carboxylic acids is 2. The molecule has 9 heteroatoms. The average Bonchev–Trinajstić information content (AvgIpc) is 3.44. The maximum absolute atomic E-state index is 13.0. The summed E-state index contributed by atoms with van der Waals surface area (Å²) in [5, 5.41) is 0.592. The summed E-state index contributed by atoms with van der Waals surface area (Å²) in [6.07, 6.45) is 42.7. The Morgan fingerprint density at radius 2 is 0.776 bits per heavy atom. The van der Waals surface area contributed by atoms with Gasteiger partial charge in [-0.05, 0) is 118 Å². The molecule has 410 valence electrons. The third-order valence-corrected chi connectivity index (χ3v) is 14.9. The van der Waals surface area contributed by atoms with Gasteiger partial charge in [0, 0.05) is 0 Å². The molecule has 4 aromatic carbocycles. The van der Waals surface area contributed by atoms with E-state index in [1.807, 2.05) is 60.7 Å². The molecule has 0 aliphatic rings. The molecule has 0 aliphatic carbocycles. The smallest absolute Gasteiger partial charge is 0.338 e. The minimum absolute atomic E-state index is 0.0152. The third kappa shape index (κ3) is 25.9. The van der Waals surface area contributed by atoms with Gasteiger partial charge in [0.05, 0.1) is 44.3 Å². The normalized spacial score (nSPS) is 11.4. The Morgan fingerprint density at radius 1 is 0.434 bits per heavy atom. The first-order chi connectivity index (χ1) is 37.3. The van der Waals surface area contributed by atoms with E-state index >= 15 is 0 Å². The van der Waals surface area contributed by atoms with Crippen molar-refractivity contribution in [1.82, 2.24) is 4.98 Å². The van der Waals surface area contributed by atoms with Crippen LogP contribution in [0.3, 0.4) is 0 Å². The molecule has 0 aliphatic heterocycles. The Morgan fingerprint density at radius 3 is 1.17 bits per heavy atom. The second-order valence-electron chi connectivity index (χ2n) is 20.2. The summed E-state index contributed by atoms with van der Waals surface area (Å²) in [7, 11) is 0. The highest BCUT2D eigenvalue weighted by Gasteiger charge is 2.12. The van der Waals surface area contributed by atoms with Gasteiger partial charge in [-0.2, -0.15) is 0 Å². The summed E-state index contributed by atoms with van der Waals surface area (Å²) in [4.78, 5) is 30.5. The van der Waals surface area contributed by atoms with Crippen LogP contribution in [0, 0.1) is 3.57 Å². The number of rotatable bonds is 40. The first kappa shape index (κ1) is 61.9. The van der Waals surface area contributed by atoms with Crippen molar-refractivity contribution >= 4 is 70.4 Å². The number of carbonyl (C=O) groups is 2. The maximum Gasteiger partial charge on any atom is 0.338 e. The zero-order valence-electron chi connectivity index (χ0n) is 46.0. The fourth-order valence-corrected chi connectivity index (χ4v) is 10.00. The van der Waals surface area contributed by atoms with E-state index in [0.717, 1.165) is 51.0 Å².